The van der Waals surface area contributed by atoms with Gasteiger partial charge in [-0.25, -0.2) is 4.79 Å². The number of methoxy groups -OCH3 is 2. The first-order chi connectivity index (χ1) is 12.7. The summed E-state index contributed by atoms with van der Waals surface area (Å²) in [5.41, 5.74) is 3.26. The van der Waals surface area contributed by atoms with Crippen molar-refractivity contribution in [1.29, 1.82) is 0 Å². The van der Waals surface area contributed by atoms with E-state index in [0.29, 0.717) is 37.7 Å². The van der Waals surface area contributed by atoms with Gasteiger partial charge in [-0.1, -0.05) is 6.07 Å². The van der Waals surface area contributed by atoms with Crippen LogP contribution in [0.2, 0.25) is 0 Å². The van der Waals surface area contributed by atoms with Crippen LogP contribution in [-0.2, 0) is 30.9 Å². The maximum absolute atomic E-state index is 12.0. The molecule has 0 radical (unpaired) electrons. The quantitative estimate of drug-likeness (QED) is 0.781. The fourth-order valence-electron chi connectivity index (χ4n) is 2.91. The van der Waals surface area contributed by atoms with E-state index >= 15 is 0 Å². The minimum absolute atomic E-state index is 0.218. The second-order valence-electron chi connectivity index (χ2n) is 5.94. The summed E-state index contributed by atoms with van der Waals surface area (Å²) in [6.07, 6.45) is 2.70. The number of rotatable bonds is 7. The minimum atomic E-state index is -0.218. The number of fused-ring (bicyclic) bond motifs is 1. The van der Waals surface area contributed by atoms with Crippen LogP contribution in [0.3, 0.4) is 0 Å². The number of urea groups is 1. The zero-order valence-electron chi connectivity index (χ0n) is 15.1. The molecule has 0 bridgehead atoms. The Kier molecular flexibility index (Phi) is 5.96. The van der Waals surface area contributed by atoms with Gasteiger partial charge in [0.25, 0.3) is 0 Å². The number of carbonyl (C=O) groups is 1. The molecule has 0 saturated heterocycles. The lowest BCUT2D eigenvalue weighted by Crippen LogP contribution is -2.37. The van der Waals surface area contributed by atoms with Gasteiger partial charge in [0, 0.05) is 30.8 Å². The van der Waals surface area contributed by atoms with Gasteiger partial charge in [0.05, 0.1) is 40.2 Å². The van der Waals surface area contributed by atoms with Crippen molar-refractivity contribution in [2.24, 2.45) is 0 Å². The highest BCUT2D eigenvalue weighted by Crippen LogP contribution is 2.27. The number of ether oxygens (including phenoxy) is 3. The van der Waals surface area contributed by atoms with E-state index in [4.69, 9.17) is 14.2 Å². The van der Waals surface area contributed by atoms with Crippen molar-refractivity contribution in [2.45, 2.75) is 26.1 Å². The summed E-state index contributed by atoms with van der Waals surface area (Å²) in [4.78, 5) is 12.0. The molecule has 0 fully saturated rings. The summed E-state index contributed by atoms with van der Waals surface area (Å²) in [6, 6.07) is 5.33. The Morgan fingerprint density at radius 1 is 1.27 bits per heavy atom. The molecule has 2 aromatic rings. The molecule has 3 rings (SSSR count). The van der Waals surface area contributed by atoms with E-state index in [1.807, 2.05) is 29.1 Å². The van der Waals surface area contributed by atoms with E-state index in [1.165, 1.54) is 5.69 Å². The van der Waals surface area contributed by atoms with Crippen molar-refractivity contribution in [3.05, 3.63) is 41.2 Å². The van der Waals surface area contributed by atoms with Crippen molar-refractivity contribution in [1.82, 2.24) is 20.4 Å². The molecule has 2 heterocycles. The van der Waals surface area contributed by atoms with Gasteiger partial charge in [-0.15, -0.1) is 0 Å². The molecule has 8 nitrogen and oxygen atoms in total. The first kappa shape index (κ1) is 18.1. The average Bonchev–Trinajstić information content (AvgIpc) is 3.09. The first-order valence-corrected chi connectivity index (χ1v) is 8.55. The average molecular weight is 360 g/mol. The molecule has 0 saturated carbocycles. The Bertz CT molecular complexity index is 760. The summed E-state index contributed by atoms with van der Waals surface area (Å²) in [7, 11) is 3.18. The predicted octanol–water partition coefficient (Wildman–Crippen LogP) is 1.47. The molecule has 26 heavy (non-hydrogen) atoms. The van der Waals surface area contributed by atoms with Crippen LogP contribution in [-0.4, -0.2) is 43.2 Å². The van der Waals surface area contributed by atoms with Crippen LogP contribution in [0.15, 0.2) is 24.4 Å². The molecule has 0 atom stereocenters. The lowest BCUT2D eigenvalue weighted by atomic mass is 10.2. The van der Waals surface area contributed by atoms with E-state index in [1.54, 1.807) is 14.2 Å². The third-order valence-corrected chi connectivity index (χ3v) is 4.29. The zero-order chi connectivity index (χ0) is 18.4. The molecule has 8 heteroatoms. The highest BCUT2D eigenvalue weighted by molar-refractivity contribution is 5.73. The molecule has 2 N–H and O–H groups in total. The highest BCUT2D eigenvalue weighted by atomic mass is 16.5. The van der Waals surface area contributed by atoms with E-state index in [-0.39, 0.29) is 6.03 Å². The summed E-state index contributed by atoms with van der Waals surface area (Å²) < 4.78 is 17.8. The van der Waals surface area contributed by atoms with Crippen LogP contribution in [0.4, 0.5) is 4.79 Å². The molecular formula is C18H24N4O4. The van der Waals surface area contributed by atoms with Gasteiger partial charge in [0.2, 0.25) is 0 Å². The molecule has 0 aliphatic carbocycles. The summed E-state index contributed by atoms with van der Waals surface area (Å²) in [6.45, 7) is 2.89. The standard InChI is InChI=1S/C18H24N4O4/c1-24-16-4-3-13(9-17(16)25-2)10-20-18(23)19-6-7-22-15-5-8-26-12-14(15)11-21-22/h3-4,9,11H,5-8,10,12H2,1-2H3,(H2,19,20,23). The van der Waals surface area contributed by atoms with Gasteiger partial charge in [0.15, 0.2) is 11.5 Å². The van der Waals surface area contributed by atoms with Gasteiger partial charge in [-0.2, -0.15) is 5.10 Å². The fraction of sp³-hybridized carbons (Fsp3) is 0.444. The number of hydrogen-bond acceptors (Lipinski definition) is 5. The molecule has 1 aliphatic heterocycles. The van der Waals surface area contributed by atoms with Crippen molar-refractivity contribution in [3.8, 4) is 11.5 Å². The van der Waals surface area contributed by atoms with Gasteiger partial charge in [-0.3, -0.25) is 4.68 Å². The number of amides is 2. The number of hydrogen-bond donors (Lipinski definition) is 2. The SMILES string of the molecule is COc1ccc(CNC(=O)NCCn2ncc3c2CCOC3)cc1OC. The Labute approximate surface area is 152 Å². The summed E-state index contributed by atoms with van der Waals surface area (Å²) in [5, 5.41) is 10.0. The second-order valence-corrected chi connectivity index (χ2v) is 5.94. The van der Waals surface area contributed by atoms with Crippen LogP contribution < -0.4 is 20.1 Å². The monoisotopic (exact) mass is 360 g/mol. The van der Waals surface area contributed by atoms with Crippen LogP contribution >= 0.6 is 0 Å². The lowest BCUT2D eigenvalue weighted by molar-refractivity contribution is 0.109. The van der Waals surface area contributed by atoms with E-state index in [0.717, 1.165) is 24.2 Å². The highest BCUT2D eigenvalue weighted by Gasteiger charge is 2.15. The van der Waals surface area contributed by atoms with Crippen LogP contribution in [0.1, 0.15) is 16.8 Å². The summed E-state index contributed by atoms with van der Waals surface area (Å²) in [5.74, 6) is 1.30. The number of carbonyl (C=O) groups excluding carboxylic acids is 1. The lowest BCUT2D eigenvalue weighted by Gasteiger charge is -2.15. The Morgan fingerprint density at radius 2 is 2.12 bits per heavy atom. The number of nitrogens with zero attached hydrogens (tertiary/aromatic N) is 2. The third kappa shape index (κ3) is 4.26. The minimum Gasteiger partial charge on any atom is -0.493 e. The third-order valence-electron chi connectivity index (χ3n) is 4.29. The number of benzene rings is 1. The van der Waals surface area contributed by atoms with Crippen LogP contribution in [0, 0.1) is 0 Å². The Morgan fingerprint density at radius 3 is 2.92 bits per heavy atom. The Balaban J connectivity index is 1.44. The van der Waals surface area contributed by atoms with Gasteiger partial charge >= 0.3 is 6.03 Å². The summed E-state index contributed by atoms with van der Waals surface area (Å²) >= 11 is 0. The van der Waals surface area contributed by atoms with Crippen LogP contribution in [0.5, 0.6) is 11.5 Å². The number of nitrogens with one attached hydrogen (secondary N) is 2. The second kappa shape index (κ2) is 8.57. The molecule has 1 aromatic heterocycles. The van der Waals surface area contributed by atoms with Crippen molar-refractivity contribution in [3.63, 3.8) is 0 Å². The Hall–Kier alpha value is -2.74. The van der Waals surface area contributed by atoms with Crippen molar-refractivity contribution in [2.75, 3.05) is 27.4 Å². The molecule has 2 amide bonds. The smallest absolute Gasteiger partial charge is 0.315 e. The molecule has 1 aromatic carbocycles. The van der Waals surface area contributed by atoms with Gasteiger partial charge < -0.3 is 24.8 Å². The number of aromatic nitrogens is 2. The first-order valence-electron chi connectivity index (χ1n) is 8.55. The molecule has 1 aliphatic rings. The normalized spacial score (nSPS) is 13.0. The molecule has 0 spiro atoms. The largest absolute Gasteiger partial charge is 0.493 e. The fourth-order valence-corrected chi connectivity index (χ4v) is 2.91. The van der Waals surface area contributed by atoms with E-state index < -0.39 is 0 Å². The topological polar surface area (TPSA) is 86.6 Å². The zero-order valence-corrected chi connectivity index (χ0v) is 15.1. The van der Waals surface area contributed by atoms with Crippen molar-refractivity contribution < 1.29 is 19.0 Å². The molecular weight excluding hydrogens is 336 g/mol. The van der Waals surface area contributed by atoms with Gasteiger partial charge in [0.1, 0.15) is 0 Å². The predicted molar refractivity (Wildman–Crippen MR) is 95.4 cm³/mol. The van der Waals surface area contributed by atoms with Crippen molar-refractivity contribution >= 4 is 6.03 Å². The maximum atomic E-state index is 12.0. The van der Waals surface area contributed by atoms with Crippen LogP contribution in [0.25, 0.3) is 0 Å². The van der Waals surface area contributed by atoms with E-state index in [9.17, 15) is 4.79 Å². The molecule has 0 unspecified atom stereocenters. The maximum Gasteiger partial charge on any atom is 0.315 e. The van der Waals surface area contributed by atoms with E-state index in [2.05, 4.69) is 15.7 Å². The molecule has 140 valence electrons. The van der Waals surface area contributed by atoms with Gasteiger partial charge in [-0.05, 0) is 17.7 Å².